The quantitative estimate of drug-likeness (QED) is 0.766. The van der Waals surface area contributed by atoms with Crippen LogP contribution in [0.4, 0.5) is 5.69 Å². The summed E-state index contributed by atoms with van der Waals surface area (Å²) < 4.78 is 8.43. The van der Waals surface area contributed by atoms with E-state index in [9.17, 15) is 0 Å². The highest BCUT2D eigenvalue weighted by Gasteiger charge is 2.10. The molecule has 4 nitrogen and oxygen atoms in total. The first-order valence-corrected chi connectivity index (χ1v) is 7.51. The zero-order valence-corrected chi connectivity index (χ0v) is 12.9. The number of nitriles is 1. The molecule has 0 amide bonds. The molecule has 0 spiro atoms. The Labute approximate surface area is 135 Å². The summed E-state index contributed by atoms with van der Waals surface area (Å²) in [5.41, 5.74) is 3.71. The predicted molar refractivity (Wildman–Crippen MR) is 85.9 cm³/mol. The molecule has 0 fully saturated rings. The van der Waals surface area contributed by atoms with E-state index in [-0.39, 0.29) is 0 Å². The van der Waals surface area contributed by atoms with Crippen molar-refractivity contribution in [3.8, 4) is 6.07 Å². The van der Waals surface area contributed by atoms with Crippen molar-refractivity contribution in [1.82, 2.24) is 8.75 Å². The molecule has 1 aromatic heterocycles. The van der Waals surface area contributed by atoms with Crippen molar-refractivity contribution in [2.45, 2.75) is 6.54 Å². The van der Waals surface area contributed by atoms with Crippen molar-refractivity contribution in [3.63, 3.8) is 0 Å². The summed E-state index contributed by atoms with van der Waals surface area (Å²) >= 11 is 13.5. The molecule has 2 aromatic carbocycles. The third-order valence-corrected chi connectivity index (χ3v) is 4.22. The van der Waals surface area contributed by atoms with Crippen LogP contribution >= 0.6 is 34.9 Å². The lowest BCUT2D eigenvalue weighted by atomic mass is 10.1. The SMILES string of the molecule is N#Cc1ccc(CNc2c(Cl)ccc3nsnc23)c(Cl)c1. The van der Waals surface area contributed by atoms with Gasteiger partial charge in [-0.1, -0.05) is 29.3 Å². The molecule has 0 aliphatic rings. The fraction of sp³-hybridized carbons (Fsp3) is 0.0714. The number of hydrogen-bond donors (Lipinski definition) is 1. The van der Waals surface area contributed by atoms with E-state index in [1.54, 1.807) is 18.2 Å². The van der Waals surface area contributed by atoms with Crippen LogP contribution in [0.3, 0.4) is 0 Å². The Morgan fingerprint density at radius 2 is 2.00 bits per heavy atom. The van der Waals surface area contributed by atoms with E-state index in [4.69, 9.17) is 28.5 Å². The van der Waals surface area contributed by atoms with Gasteiger partial charge >= 0.3 is 0 Å². The average molecular weight is 335 g/mol. The summed E-state index contributed by atoms with van der Waals surface area (Å²) in [6, 6.07) is 10.9. The first kappa shape index (κ1) is 14.1. The van der Waals surface area contributed by atoms with E-state index in [0.29, 0.717) is 22.2 Å². The molecular weight excluding hydrogens is 327 g/mol. The van der Waals surface area contributed by atoms with Crippen LogP contribution in [0, 0.1) is 11.3 Å². The number of anilines is 1. The smallest absolute Gasteiger partial charge is 0.129 e. The number of rotatable bonds is 3. The Morgan fingerprint density at radius 1 is 1.14 bits per heavy atom. The summed E-state index contributed by atoms with van der Waals surface area (Å²) in [7, 11) is 0. The number of nitrogens with one attached hydrogen (secondary N) is 1. The third kappa shape index (κ3) is 2.79. The van der Waals surface area contributed by atoms with Gasteiger partial charge in [0.15, 0.2) is 0 Å². The first-order valence-electron chi connectivity index (χ1n) is 6.02. The van der Waals surface area contributed by atoms with E-state index in [1.807, 2.05) is 12.1 Å². The van der Waals surface area contributed by atoms with E-state index < -0.39 is 0 Å². The van der Waals surface area contributed by atoms with Crippen molar-refractivity contribution in [3.05, 3.63) is 51.5 Å². The maximum absolute atomic E-state index is 8.84. The number of nitrogens with zero attached hydrogens (tertiary/aromatic N) is 3. The lowest BCUT2D eigenvalue weighted by Gasteiger charge is -2.10. The number of aromatic nitrogens is 2. The van der Waals surface area contributed by atoms with Crippen molar-refractivity contribution < 1.29 is 0 Å². The minimum atomic E-state index is 0.487. The second-order valence-electron chi connectivity index (χ2n) is 4.33. The van der Waals surface area contributed by atoms with Gasteiger partial charge in [0.2, 0.25) is 0 Å². The molecule has 21 heavy (non-hydrogen) atoms. The van der Waals surface area contributed by atoms with E-state index in [1.165, 1.54) is 0 Å². The van der Waals surface area contributed by atoms with Gasteiger partial charge in [-0.3, -0.25) is 0 Å². The van der Waals surface area contributed by atoms with E-state index in [0.717, 1.165) is 34.0 Å². The lowest BCUT2D eigenvalue weighted by molar-refractivity contribution is 1.15. The summed E-state index contributed by atoms with van der Waals surface area (Å²) in [6.45, 7) is 0.487. The van der Waals surface area contributed by atoms with Gasteiger partial charge in [0.1, 0.15) is 11.0 Å². The highest BCUT2D eigenvalue weighted by Crippen LogP contribution is 2.30. The van der Waals surface area contributed by atoms with Crippen LogP contribution in [0.2, 0.25) is 10.0 Å². The topological polar surface area (TPSA) is 61.6 Å². The standard InChI is InChI=1S/C14H8Cl2N4S/c15-10-3-4-12-14(20-21-19-12)13(10)18-7-9-2-1-8(6-17)5-11(9)16/h1-5,18H,7H2. The van der Waals surface area contributed by atoms with Crippen LogP contribution in [-0.2, 0) is 6.54 Å². The molecule has 3 aromatic rings. The maximum atomic E-state index is 8.84. The molecule has 0 aliphatic carbocycles. The fourth-order valence-electron chi connectivity index (χ4n) is 1.94. The summed E-state index contributed by atoms with van der Waals surface area (Å²) in [6.07, 6.45) is 0. The molecule has 104 valence electrons. The minimum absolute atomic E-state index is 0.487. The van der Waals surface area contributed by atoms with Gasteiger partial charge in [-0.15, -0.1) is 0 Å². The number of fused-ring (bicyclic) bond motifs is 1. The minimum Gasteiger partial charge on any atom is -0.378 e. The molecular formula is C14H8Cl2N4S. The van der Waals surface area contributed by atoms with Gasteiger partial charge in [-0.25, -0.2) is 0 Å². The van der Waals surface area contributed by atoms with E-state index in [2.05, 4.69) is 20.1 Å². The van der Waals surface area contributed by atoms with Gasteiger partial charge in [0.25, 0.3) is 0 Å². The van der Waals surface area contributed by atoms with Crippen LogP contribution in [-0.4, -0.2) is 8.75 Å². The highest BCUT2D eigenvalue weighted by atomic mass is 35.5. The summed E-state index contributed by atoms with van der Waals surface area (Å²) in [4.78, 5) is 0. The Hall–Kier alpha value is -1.87. The molecule has 0 saturated heterocycles. The predicted octanol–water partition coefficient (Wildman–Crippen LogP) is 4.48. The highest BCUT2D eigenvalue weighted by molar-refractivity contribution is 7.00. The van der Waals surface area contributed by atoms with E-state index >= 15 is 0 Å². The molecule has 0 atom stereocenters. The van der Waals surface area contributed by atoms with Crippen LogP contribution in [0.25, 0.3) is 11.0 Å². The normalized spacial score (nSPS) is 10.5. The second kappa shape index (κ2) is 5.86. The van der Waals surface area contributed by atoms with Gasteiger partial charge in [0, 0.05) is 11.6 Å². The van der Waals surface area contributed by atoms with Gasteiger partial charge < -0.3 is 5.32 Å². The largest absolute Gasteiger partial charge is 0.378 e. The van der Waals surface area contributed by atoms with Crippen LogP contribution in [0.5, 0.6) is 0 Å². The second-order valence-corrected chi connectivity index (χ2v) is 5.67. The molecule has 3 rings (SSSR count). The lowest BCUT2D eigenvalue weighted by Crippen LogP contribution is -2.01. The Balaban J connectivity index is 1.89. The van der Waals surface area contributed by atoms with Crippen molar-refractivity contribution in [2.24, 2.45) is 0 Å². The number of benzene rings is 2. The Bertz CT molecular complexity index is 854. The molecule has 1 heterocycles. The maximum Gasteiger partial charge on any atom is 0.129 e. The first-order chi connectivity index (χ1) is 10.2. The van der Waals surface area contributed by atoms with Crippen LogP contribution in [0.15, 0.2) is 30.3 Å². The molecule has 7 heteroatoms. The Kier molecular flexibility index (Phi) is 3.93. The Morgan fingerprint density at radius 3 is 2.76 bits per heavy atom. The number of halogens is 2. The van der Waals surface area contributed by atoms with Crippen LogP contribution in [0.1, 0.15) is 11.1 Å². The average Bonchev–Trinajstić information content (AvgIpc) is 2.96. The van der Waals surface area contributed by atoms with Gasteiger partial charge in [-0.05, 0) is 29.8 Å². The van der Waals surface area contributed by atoms with Gasteiger partial charge in [-0.2, -0.15) is 14.0 Å². The van der Waals surface area contributed by atoms with Crippen molar-refractivity contribution in [1.29, 1.82) is 5.26 Å². The van der Waals surface area contributed by atoms with Crippen molar-refractivity contribution >= 4 is 51.7 Å². The molecule has 0 unspecified atom stereocenters. The summed E-state index contributed by atoms with van der Waals surface area (Å²) in [5, 5.41) is 13.2. The summed E-state index contributed by atoms with van der Waals surface area (Å²) in [5.74, 6) is 0. The zero-order valence-electron chi connectivity index (χ0n) is 10.6. The molecule has 0 saturated carbocycles. The fourth-order valence-corrected chi connectivity index (χ4v) is 2.95. The van der Waals surface area contributed by atoms with Crippen LogP contribution < -0.4 is 5.32 Å². The zero-order chi connectivity index (χ0) is 14.8. The monoisotopic (exact) mass is 334 g/mol. The van der Waals surface area contributed by atoms with Crippen molar-refractivity contribution in [2.75, 3.05) is 5.32 Å². The molecule has 0 bridgehead atoms. The van der Waals surface area contributed by atoms with Gasteiger partial charge in [0.05, 0.1) is 34.1 Å². The third-order valence-electron chi connectivity index (χ3n) is 3.01. The number of hydrogen-bond acceptors (Lipinski definition) is 5. The molecule has 0 aliphatic heterocycles. The molecule has 1 N–H and O–H groups in total. The molecule has 0 radical (unpaired) electrons.